The number of carbonyl (C=O) groups is 1. The molecule has 0 aliphatic carbocycles. The molecule has 0 spiro atoms. The number of rotatable bonds is 3. The molecule has 1 aliphatic rings. The molecule has 21 heavy (non-hydrogen) atoms. The maximum Gasteiger partial charge on any atom is 0.260 e. The van der Waals surface area contributed by atoms with E-state index >= 15 is 0 Å². The Hall–Kier alpha value is -1.92. The van der Waals surface area contributed by atoms with Gasteiger partial charge in [-0.25, -0.2) is 0 Å². The molecule has 0 atom stereocenters. The van der Waals surface area contributed by atoms with E-state index < -0.39 is 0 Å². The van der Waals surface area contributed by atoms with Gasteiger partial charge in [0.2, 0.25) is 0 Å². The molecular formula is C15H17N3O2S. The zero-order chi connectivity index (χ0) is 14.7. The number of thiophene rings is 1. The molecule has 6 heteroatoms. The molecule has 0 bridgehead atoms. The fourth-order valence-corrected chi connectivity index (χ4v) is 3.24. The van der Waals surface area contributed by atoms with Crippen molar-refractivity contribution >= 4 is 17.2 Å². The van der Waals surface area contributed by atoms with Crippen LogP contribution in [-0.4, -0.2) is 41.9 Å². The average Bonchev–Trinajstić information content (AvgIpc) is 3.00. The Bertz CT molecular complexity index is 607. The third-order valence-corrected chi connectivity index (χ3v) is 4.50. The van der Waals surface area contributed by atoms with E-state index in [9.17, 15) is 10.0 Å². The van der Waals surface area contributed by atoms with E-state index in [2.05, 4.69) is 22.4 Å². The summed E-state index contributed by atoms with van der Waals surface area (Å²) in [6.07, 6.45) is 2.72. The lowest BCUT2D eigenvalue weighted by molar-refractivity contribution is -0.605. The predicted molar refractivity (Wildman–Crippen MR) is 80.9 cm³/mol. The first-order valence-electron chi connectivity index (χ1n) is 6.95. The first kappa shape index (κ1) is 14.0. The van der Waals surface area contributed by atoms with E-state index in [4.69, 9.17) is 0 Å². The molecule has 0 radical (unpaired) electrons. The minimum absolute atomic E-state index is 0.0593. The summed E-state index contributed by atoms with van der Waals surface area (Å²) in [6, 6.07) is 7.49. The number of hydrogen-bond acceptors (Lipinski definition) is 4. The summed E-state index contributed by atoms with van der Waals surface area (Å²) in [5.41, 5.74) is 0.458. The van der Waals surface area contributed by atoms with E-state index in [0.29, 0.717) is 23.4 Å². The van der Waals surface area contributed by atoms with Crippen molar-refractivity contribution in [2.75, 3.05) is 26.2 Å². The van der Waals surface area contributed by atoms with Crippen molar-refractivity contribution in [3.05, 3.63) is 57.7 Å². The minimum Gasteiger partial charge on any atom is -0.619 e. The lowest BCUT2D eigenvalue weighted by atomic mass is 10.2. The second kappa shape index (κ2) is 6.24. The van der Waals surface area contributed by atoms with Gasteiger partial charge in [-0.2, -0.15) is 4.73 Å². The van der Waals surface area contributed by atoms with E-state index in [-0.39, 0.29) is 5.91 Å². The fourth-order valence-electron chi connectivity index (χ4n) is 2.50. The maximum absolute atomic E-state index is 12.3. The molecule has 5 nitrogen and oxygen atoms in total. The molecule has 3 heterocycles. The smallest absolute Gasteiger partial charge is 0.260 e. The van der Waals surface area contributed by atoms with Crippen LogP contribution in [0.3, 0.4) is 0 Å². The van der Waals surface area contributed by atoms with Gasteiger partial charge in [0.05, 0.1) is 0 Å². The van der Waals surface area contributed by atoms with Crippen molar-refractivity contribution in [2.45, 2.75) is 6.54 Å². The van der Waals surface area contributed by atoms with Crippen molar-refractivity contribution in [3.8, 4) is 0 Å². The zero-order valence-corrected chi connectivity index (χ0v) is 12.5. The third-order valence-electron chi connectivity index (χ3n) is 3.64. The number of nitrogens with zero attached hydrogens (tertiary/aromatic N) is 3. The van der Waals surface area contributed by atoms with Crippen LogP contribution in [0.2, 0.25) is 0 Å². The molecule has 2 aromatic heterocycles. The fraction of sp³-hybridized carbons (Fsp3) is 0.333. The zero-order valence-electron chi connectivity index (χ0n) is 11.6. The van der Waals surface area contributed by atoms with Gasteiger partial charge in [0.15, 0.2) is 12.4 Å². The standard InChI is InChI=1S/C15H17N3O2S/c19-15(13-3-1-5-18(20)11-13)17-8-6-16(7-9-17)12-14-4-2-10-21-14/h1-5,10-11H,6-9,12H2. The molecule has 110 valence electrons. The van der Waals surface area contributed by atoms with Gasteiger partial charge in [0.25, 0.3) is 5.91 Å². The number of amides is 1. The van der Waals surface area contributed by atoms with Crippen molar-refractivity contribution < 1.29 is 9.52 Å². The Morgan fingerprint density at radius 2 is 2.05 bits per heavy atom. The largest absolute Gasteiger partial charge is 0.619 e. The molecule has 0 N–H and O–H groups in total. The Morgan fingerprint density at radius 1 is 1.24 bits per heavy atom. The van der Waals surface area contributed by atoms with Crippen LogP contribution in [0, 0.1) is 5.21 Å². The Labute approximate surface area is 127 Å². The summed E-state index contributed by atoms with van der Waals surface area (Å²) in [5.74, 6) is -0.0593. The van der Waals surface area contributed by atoms with Gasteiger partial charge in [-0.3, -0.25) is 9.69 Å². The summed E-state index contributed by atoms with van der Waals surface area (Å²) in [4.78, 5) is 17.9. The van der Waals surface area contributed by atoms with Gasteiger partial charge < -0.3 is 10.1 Å². The molecule has 1 fully saturated rings. The van der Waals surface area contributed by atoms with E-state index in [0.717, 1.165) is 19.6 Å². The molecule has 1 amide bonds. The van der Waals surface area contributed by atoms with Gasteiger partial charge in [-0.1, -0.05) is 6.07 Å². The van der Waals surface area contributed by atoms with Crippen molar-refractivity contribution in [3.63, 3.8) is 0 Å². The van der Waals surface area contributed by atoms with Crippen LogP contribution in [0.4, 0.5) is 0 Å². The van der Waals surface area contributed by atoms with Crippen molar-refractivity contribution in [1.82, 2.24) is 9.80 Å². The highest BCUT2D eigenvalue weighted by Crippen LogP contribution is 2.14. The lowest BCUT2D eigenvalue weighted by Crippen LogP contribution is -2.48. The highest BCUT2D eigenvalue weighted by atomic mass is 32.1. The Balaban J connectivity index is 1.57. The summed E-state index contributed by atoms with van der Waals surface area (Å²) in [6.45, 7) is 4.10. The van der Waals surface area contributed by atoms with Crippen LogP contribution in [0.25, 0.3) is 0 Å². The van der Waals surface area contributed by atoms with Gasteiger partial charge in [0.1, 0.15) is 5.56 Å². The van der Waals surface area contributed by atoms with E-state index in [1.807, 2.05) is 4.90 Å². The second-order valence-electron chi connectivity index (χ2n) is 5.10. The summed E-state index contributed by atoms with van der Waals surface area (Å²) in [5, 5.41) is 13.3. The number of hydrogen-bond donors (Lipinski definition) is 0. The van der Waals surface area contributed by atoms with Gasteiger partial charge >= 0.3 is 0 Å². The third kappa shape index (κ3) is 3.40. The molecular weight excluding hydrogens is 286 g/mol. The quantitative estimate of drug-likeness (QED) is 0.635. The molecule has 1 aliphatic heterocycles. The van der Waals surface area contributed by atoms with Crippen LogP contribution in [0.15, 0.2) is 42.0 Å². The van der Waals surface area contributed by atoms with Crippen LogP contribution in [-0.2, 0) is 6.54 Å². The SMILES string of the molecule is O=C(c1ccc[n+]([O-])c1)N1CCN(Cc2cccs2)CC1. The number of aromatic nitrogens is 1. The monoisotopic (exact) mass is 303 g/mol. The van der Waals surface area contributed by atoms with Gasteiger partial charge in [0, 0.05) is 43.7 Å². The summed E-state index contributed by atoms with van der Waals surface area (Å²) >= 11 is 1.76. The summed E-state index contributed by atoms with van der Waals surface area (Å²) < 4.78 is 0.667. The highest BCUT2D eigenvalue weighted by Gasteiger charge is 2.23. The van der Waals surface area contributed by atoms with Crippen LogP contribution in [0.1, 0.15) is 15.2 Å². The van der Waals surface area contributed by atoms with Gasteiger partial charge in [-0.05, 0) is 17.5 Å². The molecule has 0 aromatic carbocycles. The molecule has 0 unspecified atom stereocenters. The summed E-state index contributed by atoms with van der Waals surface area (Å²) in [7, 11) is 0. The second-order valence-corrected chi connectivity index (χ2v) is 6.13. The van der Waals surface area contributed by atoms with E-state index in [1.54, 1.807) is 23.5 Å². The van der Waals surface area contributed by atoms with Crippen molar-refractivity contribution in [1.29, 1.82) is 0 Å². The average molecular weight is 303 g/mol. The Kier molecular flexibility index (Phi) is 4.17. The molecule has 3 rings (SSSR count). The first-order chi connectivity index (χ1) is 10.2. The van der Waals surface area contributed by atoms with E-state index in [1.165, 1.54) is 17.3 Å². The molecule has 2 aromatic rings. The minimum atomic E-state index is -0.0593. The highest BCUT2D eigenvalue weighted by molar-refractivity contribution is 7.09. The number of pyridine rings is 1. The van der Waals surface area contributed by atoms with Crippen molar-refractivity contribution in [2.24, 2.45) is 0 Å². The normalized spacial score (nSPS) is 16.1. The number of carbonyl (C=O) groups excluding carboxylic acids is 1. The van der Waals surface area contributed by atoms with Gasteiger partial charge in [-0.15, -0.1) is 11.3 Å². The Morgan fingerprint density at radius 3 is 2.71 bits per heavy atom. The molecule has 0 saturated carbocycles. The van der Waals surface area contributed by atoms with Crippen LogP contribution in [0.5, 0.6) is 0 Å². The lowest BCUT2D eigenvalue weighted by Gasteiger charge is -2.34. The topological polar surface area (TPSA) is 50.5 Å². The number of piperazine rings is 1. The molecule has 1 saturated heterocycles. The van der Waals surface area contributed by atoms with Crippen LogP contribution < -0.4 is 4.73 Å². The maximum atomic E-state index is 12.3. The first-order valence-corrected chi connectivity index (χ1v) is 7.83. The predicted octanol–water partition coefficient (Wildman–Crippen LogP) is 1.34. The van der Waals surface area contributed by atoms with Crippen LogP contribution >= 0.6 is 11.3 Å².